The van der Waals surface area contributed by atoms with Gasteiger partial charge >= 0.3 is 0 Å². The summed E-state index contributed by atoms with van der Waals surface area (Å²) >= 11 is 5.97. The second kappa shape index (κ2) is 8.69. The number of hydrogen-bond donors (Lipinski definition) is 2. The van der Waals surface area contributed by atoms with Crippen molar-refractivity contribution in [1.82, 2.24) is 5.32 Å². The first-order chi connectivity index (χ1) is 13.7. The van der Waals surface area contributed by atoms with Crippen molar-refractivity contribution in [2.75, 3.05) is 13.1 Å². The van der Waals surface area contributed by atoms with Crippen LogP contribution in [0.25, 0.3) is 0 Å². The average Bonchev–Trinajstić information content (AvgIpc) is 2.63. The zero-order valence-corrected chi connectivity index (χ0v) is 17.5. The number of hydrogen-bond acceptors (Lipinski definition) is 5. The Balaban J connectivity index is 1.50. The Morgan fingerprint density at radius 3 is 2.76 bits per heavy atom. The zero-order valence-electron chi connectivity index (χ0n) is 16.8. The van der Waals surface area contributed by atoms with Crippen LogP contribution in [0.2, 0.25) is 5.02 Å². The number of para-hydroxylation sites is 1. The summed E-state index contributed by atoms with van der Waals surface area (Å²) in [6, 6.07) is 12.3. The van der Waals surface area contributed by atoms with Crippen LogP contribution < -0.4 is 10.1 Å². The molecule has 2 aromatic carbocycles. The molecule has 7 heteroatoms. The van der Waals surface area contributed by atoms with Crippen molar-refractivity contribution in [2.24, 2.45) is 0 Å². The van der Waals surface area contributed by atoms with E-state index < -0.39 is 16.1 Å². The summed E-state index contributed by atoms with van der Waals surface area (Å²) < 4.78 is 6.00. The first-order valence-corrected chi connectivity index (χ1v) is 10.2. The molecule has 1 aliphatic heterocycles. The molecule has 0 bridgehead atoms. The number of aryl methyl sites for hydroxylation is 1. The molecule has 1 atom stereocenters. The van der Waals surface area contributed by atoms with Gasteiger partial charge in [0.25, 0.3) is 5.69 Å². The maximum Gasteiger partial charge on any atom is 0.271 e. The minimum absolute atomic E-state index is 0.0219. The minimum Gasteiger partial charge on any atom is -0.487 e. The lowest BCUT2D eigenvalue weighted by Gasteiger charge is -2.43. The number of nitrogens with zero attached hydrogens (tertiary/aromatic N) is 1. The molecule has 1 aliphatic rings. The summed E-state index contributed by atoms with van der Waals surface area (Å²) in [6.07, 6.45) is 2.99. The summed E-state index contributed by atoms with van der Waals surface area (Å²) in [4.78, 5) is 10.5. The maximum absolute atomic E-state index is 11.3. The van der Waals surface area contributed by atoms with E-state index in [2.05, 4.69) is 5.32 Å². The highest BCUT2D eigenvalue weighted by molar-refractivity contribution is 6.30. The Bertz CT molecular complexity index is 887. The third-order valence-corrected chi connectivity index (χ3v) is 5.35. The fourth-order valence-electron chi connectivity index (χ4n) is 3.99. The summed E-state index contributed by atoms with van der Waals surface area (Å²) in [6.45, 7) is 5.16. The van der Waals surface area contributed by atoms with Crippen LogP contribution in [-0.2, 0) is 12.0 Å². The van der Waals surface area contributed by atoms with Crippen LogP contribution in [0.3, 0.4) is 0 Å². The molecule has 3 rings (SSSR count). The SMILES string of the molecule is CC1(C)CC(O)(CNCCCCc2cc(Cl)cc([N+](=O)[O-])c2)c2ccccc2O1. The van der Waals surface area contributed by atoms with Crippen molar-refractivity contribution in [1.29, 1.82) is 0 Å². The molecule has 2 N–H and O–H groups in total. The predicted octanol–water partition coefficient (Wildman–Crippen LogP) is 4.61. The average molecular weight is 419 g/mol. The van der Waals surface area contributed by atoms with Crippen molar-refractivity contribution in [3.8, 4) is 5.75 Å². The third kappa shape index (κ3) is 5.47. The topological polar surface area (TPSA) is 84.6 Å². The lowest BCUT2D eigenvalue weighted by Crippen LogP contribution is -2.49. The Kier molecular flexibility index (Phi) is 6.46. The molecule has 2 aromatic rings. The highest BCUT2D eigenvalue weighted by atomic mass is 35.5. The standard InChI is InChI=1S/C22H27ClN2O4/c1-21(2)14-22(26,19-8-3-4-9-20(19)29-21)15-24-10-6-5-7-16-11-17(23)13-18(12-16)25(27)28/h3-4,8-9,11-13,24,26H,5-7,10,14-15H2,1-2H3. The molecule has 0 aliphatic carbocycles. The fourth-order valence-corrected chi connectivity index (χ4v) is 4.24. The van der Waals surface area contributed by atoms with Crippen molar-refractivity contribution in [2.45, 2.75) is 50.7 Å². The first kappa shape index (κ1) is 21.6. The van der Waals surface area contributed by atoms with E-state index in [0.717, 1.165) is 42.7 Å². The highest BCUT2D eigenvalue weighted by Gasteiger charge is 2.43. The van der Waals surface area contributed by atoms with Crippen LogP contribution in [0.4, 0.5) is 5.69 Å². The van der Waals surface area contributed by atoms with Gasteiger partial charge in [0.05, 0.1) is 4.92 Å². The number of nitro groups is 1. The van der Waals surface area contributed by atoms with Gasteiger partial charge in [0.2, 0.25) is 0 Å². The number of unbranched alkanes of at least 4 members (excludes halogenated alkanes) is 1. The summed E-state index contributed by atoms with van der Waals surface area (Å²) in [7, 11) is 0. The Labute approximate surface area is 176 Å². The molecular formula is C22H27ClN2O4. The molecular weight excluding hydrogens is 392 g/mol. The molecule has 0 radical (unpaired) electrons. The Morgan fingerprint density at radius 2 is 2.00 bits per heavy atom. The van der Waals surface area contributed by atoms with Gasteiger partial charge in [-0.2, -0.15) is 0 Å². The maximum atomic E-state index is 11.3. The molecule has 0 saturated carbocycles. The zero-order chi connectivity index (χ0) is 21.1. The molecule has 0 fully saturated rings. The van der Waals surface area contributed by atoms with Gasteiger partial charge in [-0.3, -0.25) is 10.1 Å². The monoisotopic (exact) mass is 418 g/mol. The van der Waals surface area contributed by atoms with Crippen LogP contribution in [0.5, 0.6) is 5.75 Å². The predicted molar refractivity (Wildman–Crippen MR) is 114 cm³/mol. The van der Waals surface area contributed by atoms with E-state index in [-0.39, 0.29) is 5.69 Å². The fraction of sp³-hybridized carbons (Fsp3) is 0.455. The molecule has 0 amide bonds. The number of aliphatic hydroxyl groups is 1. The van der Waals surface area contributed by atoms with Gasteiger partial charge in [-0.25, -0.2) is 0 Å². The number of nitrogens with one attached hydrogen (secondary N) is 1. The van der Waals surface area contributed by atoms with Gasteiger partial charge in [-0.1, -0.05) is 29.8 Å². The molecule has 0 saturated heterocycles. The molecule has 1 unspecified atom stereocenters. The number of nitro benzene ring substituents is 1. The third-order valence-electron chi connectivity index (χ3n) is 5.13. The largest absolute Gasteiger partial charge is 0.487 e. The van der Waals surface area contributed by atoms with E-state index in [1.54, 1.807) is 12.1 Å². The van der Waals surface area contributed by atoms with E-state index in [9.17, 15) is 15.2 Å². The van der Waals surface area contributed by atoms with E-state index in [0.29, 0.717) is 18.0 Å². The van der Waals surface area contributed by atoms with Crippen LogP contribution in [0.1, 0.15) is 44.2 Å². The Morgan fingerprint density at radius 1 is 1.24 bits per heavy atom. The number of benzene rings is 2. The van der Waals surface area contributed by atoms with Gasteiger partial charge in [0.1, 0.15) is 17.0 Å². The van der Waals surface area contributed by atoms with Crippen LogP contribution in [-0.4, -0.2) is 28.7 Å². The van der Waals surface area contributed by atoms with E-state index in [1.165, 1.54) is 6.07 Å². The van der Waals surface area contributed by atoms with Gasteiger partial charge in [-0.15, -0.1) is 0 Å². The Hall–Kier alpha value is -2.15. The lowest BCUT2D eigenvalue weighted by molar-refractivity contribution is -0.384. The molecule has 1 heterocycles. The summed E-state index contributed by atoms with van der Waals surface area (Å²) in [5, 5.41) is 26.0. The van der Waals surface area contributed by atoms with Crippen LogP contribution in [0.15, 0.2) is 42.5 Å². The van der Waals surface area contributed by atoms with Gasteiger partial charge < -0.3 is 15.2 Å². The van der Waals surface area contributed by atoms with Gasteiger partial charge in [-0.05, 0) is 57.4 Å². The molecule has 156 valence electrons. The smallest absolute Gasteiger partial charge is 0.271 e. The normalized spacial score (nSPS) is 20.0. The van der Waals surface area contributed by atoms with Crippen LogP contribution >= 0.6 is 11.6 Å². The number of rotatable bonds is 8. The van der Waals surface area contributed by atoms with E-state index in [4.69, 9.17) is 16.3 Å². The van der Waals surface area contributed by atoms with Crippen molar-refractivity contribution < 1.29 is 14.8 Å². The number of non-ortho nitro benzene ring substituents is 1. The number of ether oxygens (including phenoxy) is 1. The number of halogens is 1. The van der Waals surface area contributed by atoms with Crippen molar-refractivity contribution in [3.63, 3.8) is 0 Å². The van der Waals surface area contributed by atoms with Crippen molar-refractivity contribution >= 4 is 17.3 Å². The second-order valence-electron chi connectivity index (χ2n) is 8.27. The first-order valence-electron chi connectivity index (χ1n) is 9.84. The molecule has 0 aromatic heterocycles. The number of fused-ring (bicyclic) bond motifs is 1. The highest BCUT2D eigenvalue weighted by Crippen LogP contribution is 2.43. The molecule has 6 nitrogen and oxygen atoms in total. The van der Waals surface area contributed by atoms with Gasteiger partial charge in [0, 0.05) is 35.7 Å². The second-order valence-corrected chi connectivity index (χ2v) is 8.71. The summed E-state index contributed by atoms with van der Waals surface area (Å²) in [5.74, 6) is 0.732. The summed E-state index contributed by atoms with van der Waals surface area (Å²) in [5.41, 5.74) is 0.285. The molecule has 29 heavy (non-hydrogen) atoms. The lowest BCUT2D eigenvalue weighted by atomic mass is 9.80. The molecule has 0 spiro atoms. The minimum atomic E-state index is -0.980. The van der Waals surface area contributed by atoms with E-state index in [1.807, 2.05) is 38.1 Å². The quantitative estimate of drug-likeness (QED) is 0.371. The van der Waals surface area contributed by atoms with Crippen molar-refractivity contribution in [3.05, 3.63) is 68.7 Å². The van der Waals surface area contributed by atoms with Crippen LogP contribution in [0, 0.1) is 10.1 Å². The van der Waals surface area contributed by atoms with Gasteiger partial charge in [0.15, 0.2) is 0 Å². The van der Waals surface area contributed by atoms with E-state index >= 15 is 0 Å².